The Labute approximate surface area is 190 Å². The molecule has 1 unspecified atom stereocenters. The number of rotatable bonds is 4. The molecule has 11 heteroatoms. The number of carbonyl (C=O) groups excluding carboxylic acids is 2. The molecular formula is C22H25N7O4. The number of amides is 2. The monoisotopic (exact) mass is 451 g/mol. The van der Waals surface area contributed by atoms with Crippen molar-refractivity contribution in [2.75, 3.05) is 26.7 Å². The Bertz CT molecular complexity index is 1070. The third-order valence-electron chi connectivity index (χ3n) is 5.47. The molecule has 4 rings (SSSR count). The maximum absolute atomic E-state index is 13.0. The van der Waals surface area contributed by atoms with Crippen molar-refractivity contribution in [3.05, 3.63) is 48.4 Å². The van der Waals surface area contributed by atoms with E-state index < -0.39 is 0 Å². The Morgan fingerprint density at radius 2 is 2.09 bits per heavy atom. The van der Waals surface area contributed by atoms with Crippen LogP contribution in [0.5, 0.6) is 5.88 Å². The van der Waals surface area contributed by atoms with Gasteiger partial charge in [-0.3, -0.25) is 14.6 Å². The molecule has 172 valence electrons. The summed E-state index contributed by atoms with van der Waals surface area (Å²) in [5.74, 6) is 0.970. The molecule has 1 aliphatic rings. The van der Waals surface area contributed by atoms with Crippen LogP contribution < -0.4 is 10.1 Å². The molecule has 0 radical (unpaired) electrons. The van der Waals surface area contributed by atoms with E-state index in [1.807, 2.05) is 0 Å². The molecule has 3 aromatic heterocycles. The van der Waals surface area contributed by atoms with Crippen LogP contribution in [0, 0.1) is 0 Å². The average Bonchev–Trinajstić information content (AvgIpc) is 3.34. The Morgan fingerprint density at radius 3 is 2.85 bits per heavy atom. The molecule has 0 spiro atoms. The first-order chi connectivity index (χ1) is 16.1. The van der Waals surface area contributed by atoms with Crippen LogP contribution in [-0.2, 0) is 4.79 Å². The summed E-state index contributed by atoms with van der Waals surface area (Å²) in [4.78, 5) is 43.8. The fourth-order valence-corrected chi connectivity index (χ4v) is 3.68. The molecule has 0 aromatic carbocycles. The van der Waals surface area contributed by atoms with Crippen molar-refractivity contribution in [2.24, 2.45) is 0 Å². The maximum Gasteiger partial charge on any atom is 0.255 e. The number of aromatic nitrogens is 5. The third kappa shape index (κ3) is 5.68. The summed E-state index contributed by atoms with van der Waals surface area (Å²) in [7, 11) is 1.52. The highest BCUT2D eigenvalue weighted by atomic mass is 16.5. The van der Waals surface area contributed by atoms with Gasteiger partial charge in [-0.1, -0.05) is 5.16 Å². The van der Waals surface area contributed by atoms with Gasteiger partial charge in [-0.2, -0.15) is 4.98 Å². The molecule has 11 nitrogen and oxygen atoms in total. The number of hydrogen-bond acceptors (Lipinski definition) is 9. The summed E-state index contributed by atoms with van der Waals surface area (Å²) < 4.78 is 10.6. The van der Waals surface area contributed by atoms with E-state index in [0.29, 0.717) is 54.9 Å². The summed E-state index contributed by atoms with van der Waals surface area (Å²) >= 11 is 0. The number of carbonyl (C=O) groups is 2. The van der Waals surface area contributed by atoms with Gasteiger partial charge in [0, 0.05) is 56.6 Å². The highest BCUT2D eigenvalue weighted by Gasteiger charge is 2.23. The first-order valence-electron chi connectivity index (χ1n) is 10.8. The number of hydrogen-bond donors (Lipinski definition) is 1. The van der Waals surface area contributed by atoms with Crippen LogP contribution in [0.2, 0.25) is 0 Å². The molecule has 1 saturated heterocycles. The molecule has 0 aliphatic carbocycles. The number of ether oxygens (including phenoxy) is 1. The standard InChI is InChI=1S/C22H25N7O4/c1-32-19-5-4-16(13-26-19)22(31)29-11-2-3-15(6-8-25-18(30)7-12-29)21-27-20(28-33-21)17-14-23-9-10-24-17/h4-5,9-10,13-15H,2-3,6-8,11-12H2,1H3,(H,25,30). The largest absolute Gasteiger partial charge is 0.481 e. The molecule has 2 amide bonds. The van der Waals surface area contributed by atoms with Crippen molar-refractivity contribution in [1.82, 2.24) is 35.3 Å². The second-order valence-corrected chi connectivity index (χ2v) is 7.66. The van der Waals surface area contributed by atoms with E-state index in [-0.39, 0.29) is 24.2 Å². The molecule has 33 heavy (non-hydrogen) atoms. The van der Waals surface area contributed by atoms with Crippen LogP contribution in [0.25, 0.3) is 11.5 Å². The van der Waals surface area contributed by atoms with Gasteiger partial charge >= 0.3 is 0 Å². The van der Waals surface area contributed by atoms with E-state index in [0.717, 1.165) is 12.8 Å². The molecular weight excluding hydrogens is 426 g/mol. The van der Waals surface area contributed by atoms with Crippen molar-refractivity contribution in [2.45, 2.75) is 31.6 Å². The molecule has 3 aromatic rings. The molecule has 1 atom stereocenters. The maximum atomic E-state index is 13.0. The van der Waals surface area contributed by atoms with Gasteiger partial charge in [-0.15, -0.1) is 0 Å². The van der Waals surface area contributed by atoms with Crippen molar-refractivity contribution in [3.63, 3.8) is 0 Å². The van der Waals surface area contributed by atoms with Gasteiger partial charge in [0.05, 0.1) is 18.9 Å². The zero-order chi connectivity index (χ0) is 23.0. The SMILES string of the molecule is COc1ccc(C(=O)N2CCCC(c3nc(-c4cnccn4)no3)CCNC(=O)CC2)cn1. The minimum Gasteiger partial charge on any atom is -0.481 e. The summed E-state index contributed by atoms with van der Waals surface area (Å²) in [5, 5.41) is 6.95. The smallest absolute Gasteiger partial charge is 0.255 e. The Kier molecular flexibility index (Phi) is 7.18. The highest BCUT2D eigenvalue weighted by molar-refractivity contribution is 5.94. The lowest BCUT2D eigenvalue weighted by Gasteiger charge is -2.22. The average molecular weight is 451 g/mol. The summed E-state index contributed by atoms with van der Waals surface area (Å²) in [6, 6.07) is 3.32. The van der Waals surface area contributed by atoms with E-state index in [1.54, 1.807) is 35.6 Å². The Balaban J connectivity index is 1.46. The molecule has 1 N–H and O–H groups in total. The third-order valence-corrected chi connectivity index (χ3v) is 5.47. The van der Waals surface area contributed by atoms with E-state index in [4.69, 9.17) is 9.26 Å². The van der Waals surface area contributed by atoms with Crippen molar-refractivity contribution >= 4 is 11.8 Å². The van der Waals surface area contributed by atoms with Crippen LogP contribution in [-0.4, -0.2) is 68.6 Å². The minimum atomic E-state index is -0.170. The van der Waals surface area contributed by atoms with Gasteiger partial charge in [0.15, 0.2) is 0 Å². The van der Waals surface area contributed by atoms with E-state index in [2.05, 4.69) is 30.4 Å². The molecule has 1 fully saturated rings. The normalized spacial score (nSPS) is 17.7. The van der Waals surface area contributed by atoms with Gasteiger partial charge in [-0.25, -0.2) is 9.97 Å². The number of methoxy groups -OCH3 is 1. The molecule has 4 heterocycles. The Hall–Kier alpha value is -3.89. The topological polar surface area (TPSA) is 136 Å². The van der Waals surface area contributed by atoms with Gasteiger partial charge in [-0.05, 0) is 25.3 Å². The summed E-state index contributed by atoms with van der Waals surface area (Å²) in [5.41, 5.74) is 0.982. The number of pyridine rings is 1. The lowest BCUT2D eigenvalue weighted by molar-refractivity contribution is -0.121. The van der Waals surface area contributed by atoms with Gasteiger partial charge in [0.25, 0.3) is 5.91 Å². The van der Waals surface area contributed by atoms with Crippen LogP contribution in [0.3, 0.4) is 0 Å². The molecule has 1 aliphatic heterocycles. The second kappa shape index (κ2) is 10.6. The van der Waals surface area contributed by atoms with Crippen LogP contribution in [0.1, 0.15) is 47.8 Å². The van der Waals surface area contributed by atoms with Gasteiger partial charge in [0.2, 0.25) is 23.5 Å². The van der Waals surface area contributed by atoms with Crippen LogP contribution in [0.15, 0.2) is 41.4 Å². The predicted octanol–water partition coefficient (Wildman–Crippen LogP) is 1.85. The second-order valence-electron chi connectivity index (χ2n) is 7.66. The van der Waals surface area contributed by atoms with Gasteiger partial charge < -0.3 is 19.5 Å². The molecule has 0 saturated carbocycles. The number of nitrogens with zero attached hydrogens (tertiary/aromatic N) is 6. The van der Waals surface area contributed by atoms with Crippen molar-refractivity contribution < 1.29 is 18.8 Å². The quantitative estimate of drug-likeness (QED) is 0.630. The zero-order valence-electron chi connectivity index (χ0n) is 18.3. The predicted molar refractivity (Wildman–Crippen MR) is 116 cm³/mol. The van der Waals surface area contributed by atoms with Crippen molar-refractivity contribution in [3.8, 4) is 17.4 Å². The minimum absolute atomic E-state index is 0.0547. The zero-order valence-corrected chi connectivity index (χ0v) is 18.3. The van der Waals surface area contributed by atoms with Crippen LogP contribution in [0.4, 0.5) is 0 Å². The number of nitrogens with one attached hydrogen (secondary N) is 1. The summed E-state index contributed by atoms with van der Waals surface area (Å²) in [6.45, 7) is 1.32. The fourth-order valence-electron chi connectivity index (χ4n) is 3.68. The highest BCUT2D eigenvalue weighted by Crippen LogP contribution is 2.26. The fraction of sp³-hybridized carbons (Fsp3) is 0.409. The van der Waals surface area contributed by atoms with E-state index >= 15 is 0 Å². The van der Waals surface area contributed by atoms with Gasteiger partial charge in [0.1, 0.15) is 5.69 Å². The Morgan fingerprint density at radius 1 is 1.18 bits per heavy atom. The lowest BCUT2D eigenvalue weighted by atomic mass is 9.99. The first-order valence-corrected chi connectivity index (χ1v) is 10.8. The molecule has 0 bridgehead atoms. The van der Waals surface area contributed by atoms with E-state index in [9.17, 15) is 9.59 Å². The van der Waals surface area contributed by atoms with E-state index in [1.165, 1.54) is 13.3 Å². The summed E-state index contributed by atoms with van der Waals surface area (Å²) in [6.07, 6.45) is 8.54. The first kappa shape index (κ1) is 22.3. The van der Waals surface area contributed by atoms with Crippen LogP contribution >= 0.6 is 0 Å². The van der Waals surface area contributed by atoms with Crippen molar-refractivity contribution in [1.29, 1.82) is 0 Å². The lowest BCUT2D eigenvalue weighted by Crippen LogP contribution is -2.35.